The van der Waals surface area contributed by atoms with Gasteiger partial charge in [-0.1, -0.05) is 36.4 Å². The monoisotopic (exact) mass is 534 g/mol. The maximum absolute atomic E-state index is 13.6. The highest BCUT2D eigenvalue weighted by Gasteiger charge is 2.39. The van der Waals surface area contributed by atoms with E-state index in [-0.39, 0.29) is 35.4 Å². The van der Waals surface area contributed by atoms with Gasteiger partial charge in [-0.2, -0.15) is 4.39 Å². The number of rotatable bonds is 8. The number of benzene rings is 2. The van der Waals surface area contributed by atoms with E-state index < -0.39 is 0 Å². The number of nitrogens with zero attached hydrogens (tertiary/aromatic N) is 2. The largest absolute Gasteiger partial charge is 0.493 e. The number of amides is 2. The van der Waals surface area contributed by atoms with Crippen LogP contribution in [0, 0.1) is 5.13 Å². The molecule has 38 heavy (non-hydrogen) atoms. The molecule has 4 aromatic rings. The molecule has 2 N–H and O–H groups in total. The van der Waals surface area contributed by atoms with Crippen molar-refractivity contribution in [2.45, 2.75) is 25.3 Å². The Kier molecular flexibility index (Phi) is 7.15. The van der Waals surface area contributed by atoms with Crippen molar-refractivity contribution in [2.75, 3.05) is 26.1 Å². The fourth-order valence-corrected chi connectivity index (χ4v) is 5.41. The molecule has 3 heterocycles. The highest BCUT2D eigenvalue weighted by atomic mass is 32.1. The Bertz CT molecular complexity index is 1470. The standard InChI is InChI=1S/C28H27FN4O4S/c1-16-13-19(18-9-10-20(36-2)21(14-18)37-3)28(35)33(16)15-24(34)30-27-25(17-7-5-4-6-8-17)31-26(32-27)22-11-12-23(29)38-22/h4-12,14,16,19H,13,15H2,1-3H3,(H,30,34)(H,31,32). The number of aromatic amines is 1. The number of imidazole rings is 1. The number of aromatic nitrogens is 2. The van der Waals surface area contributed by atoms with Crippen molar-refractivity contribution in [1.29, 1.82) is 0 Å². The minimum absolute atomic E-state index is 0.117. The summed E-state index contributed by atoms with van der Waals surface area (Å²) in [5, 5.41) is 2.54. The topological polar surface area (TPSA) is 96.5 Å². The number of anilines is 1. The Labute approximate surface area is 223 Å². The molecule has 1 aliphatic heterocycles. The second-order valence-corrected chi connectivity index (χ2v) is 10.1. The van der Waals surface area contributed by atoms with Crippen LogP contribution in [0.4, 0.5) is 10.2 Å². The molecule has 196 valence electrons. The van der Waals surface area contributed by atoms with Gasteiger partial charge in [0.25, 0.3) is 0 Å². The summed E-state index contributed by atoms with van der Waals surface area (Å²) in [7, 11) is 3.11. The number of H-pyrrole nitrogens is 1. The number of hydrogen-bond donors (Lipinski definition) is 2. The summed E-state index contributed by atoms with van der Waals surface area (Å²) < 4.78 is 24.3. The molecule has 1 fully saturated rings. The third-order valence-electron chi connectivity index (χ3n) is 6.64. The zero-order chi connectivity index (χ0) is 26.8. The number of halogens is 1. The van der Waals surface area contributed by atoms with E-state index in [2.05, 4.69) is 15.3 Å². The van der Waals surface area contributed by atoms with E-state index in [1.54, 1.807) is 31.3 Å². The van der Waals surface area contributed by atoms with Crippen LogP contribution in [0.15, 0.2) is 60.7 Å². The number of carbonyl (C=O) groups excluding carboxylic acids is 2. The minimum Gasteiger partial charge on any atom is -0.493 e. The quantitative estimate of drug-likeness (QED) is 0.320. The van der Waals surface area contributed by atoms with Crippen LogP contribution in [0.2, 0.25) is 0 Å². The Balaban J connectivity index is 1.35. The van der Waals surface area contributed by atoms with Crippen LogP contribution in [0.1, 0.15) is 24.8 Å². The molecular weight excluding hydrogens is 507 g/mol. The molecule has 10 heteroatoms. The number of thiophene rings is 1. The van der Waals surface area contributed by atoms with Gasteiger partial charge >= 0.3 is 0 Å². The van der Waals surface area contributed by atoms with Crippen molar-refractivity contribution in [3.63, 3.8) is 0 Å². The lowest BCUT2D eigenvalue weighted by molar-refractivity contribution is -0.133. The minimum atomic E-state index is -0.386. The lowest BCUT2D eigenvalue weighted by Gasteiger charge is -2.21. The zero-order valence-corrected chi connectivity index (χ0v) is 22.0. The first kappa shape index (κ1) is 25.5. The number of hydrogen-bond acceptors (Lipinski definition) is 6. The van der Waals surface area contributed by atoms with Crippen molar-refractivity contribution in [3.8, 4) is 33.5 Å². The Morgan fingerprint density at radius 3 is 2.58 bits per heavy atom. The first-order chi connectivity index (χ1) is 18.4. The van der Waals surface area contributed by atoms with E-state index in [0.29, 0.717) is 40.1 Å². The molecule has 2 atom stereocenters. The average molecular weight is 535 g/mol. The highest BCUT2D eigenvalue weighted by Crippen LogP contribution is 2.37. The number of likely N-dealkylation sites (tertiary alicyclic amines) is 1. The van der Waals surface area contributed by atoms with E-state index in [1.165, 1.54) is 6.07 Å². The van der Waals surface area contributed by atoms with Crippen LogP contribution < -0.4 is 14.8 Å². The number of ether oxygens (including phenoxy) is 2. The van der Waals surface area contributed by atoms with E-state index >= 15 is 0 Å². The van der Waals surface area contributed by atoms with Gasteiger partial charge in [0.15, 0.2) is 28.3 Å². The molecule has 0 saturated carbocycles. The molecule has 2 unspecified atom stereocenters. The molecule has 8 nitrogen and oxygen atoms in total. The van der Waals surface area contributed by atoms with Crippen LogP contribution in [-0.4, -0.2) is 53.5 Å². The van der Waals surface area contributed by atoms with Gasteiger partial charge in [0.1, 0.15) is 6.54 Å². The van der Waals surface area contributed by atoms with Gasteiger partial charge in [0, 0.05) is 11.6 Å². The predicted molar refractivity (Wildman–Crippen MR) is 144 cm³/mol. The summed E-state index contributed by atoms with van der Waals surface area (Å²) in [6.07, 6.45) is 0.577. The molecule has 2 amide bonds. The van der Waals surface area contributed by atoms with Crippen molar-refractivity contribution in [3.05, 3.63) is 71.4 Å². The van der Waals surface area contributed by atoms with Gasteiger partial charge in [-0.15, -0.1) is 11.3 Å². The van der Waals surface area contributed by atoms with Gasteiger partial charge in [-0.05, 0) is 43.2 Å². The number of nitrogens with one attached hydrogen (secondary N) is 2. The molecule has 0 bridgehead atoms. The lowest BCUT2D eigenvalue weighted by atomic mass is 9.95. The summed E-state index contributed by atoms with van der Waals surface area (Å²) in [6, 6.07) is 17.7. The van der Waals surface area contributed by atoms with Crippen LogP contribution in [0.3, 0.4) is 0 Å². The summed E-state index contributed by atoms with van der Waals surface area (Å²) in [5.74, 6) is 1.03. The van der Waals surface area contributed by atoms with Crippen LogP contribution in [-0.2, 0) is 9.59 Å². The van der Waals surface area contributed by atoms with E-state index in [1.807, 2.05) is 49.4 Å². The SMILES string of the molecule is COc1ccc(C2CC(C)N(CC(=O)Nc3nc(-c4ccc(F)s4)[nH]c3-c3ccccc3)C2=O)cc1OC. The molecular formula is C28H27FN4O4S. The van der Waals surface area contributed by atoms with Gasteiger partial charge < -0.3 is 24.7 Å². The normalized spacial score (nSPS) is 17.1. The molecule has 2 aromatic heterocycles. The van der Waals surface area contributed by atoms with Gasteiger partial charge in [-0.3, -0.25) is 9.59 Å². The summed E-state index contributed by atoms with van der Waals surface area (Å²) in [4.78, 5) is 36.5. The first-order valence-electron chi connectivity index (χ1n) is 12.1. The second kappa shape index (κ2) is 10.7. The third kappa shape index (κ3) is 4.99. The Morgan fingerprint density at radius 1 is 1.13 bits per heavy atom. The maximum atomic E-state index is 13.6. The smallest absolute Gasteiger partial charge is 0.245 e. The maximum Gasteiger partial charge on any atom is 0.245 e. The van der Waals surface area contributed by atoms with E-state index in [9.17, 15) is 14.0 Å². The van der Waals surface area contributed by atoms with Crippen LogP contribution in [0.5, 0.6) is 11.5 Å². The summed E-state index contributed by atoms with van der Waals surface area (Å²) in [5.41, 5.74) is 2.23. The Morgan fingerprint density at radius 2 is 1.89 bits per heavy atom. The predicted octanol–water partition coefficient (Wildman–Crippen LogP) is 5.30. The van der Waals surface area contributed by atoms with Crippen LogP contribution in [0.25, 0.3) is 22.0 Å². The van der Waals surface area contributed by atoms with Crippen molar-refractivity contribution in [1.82, 2.24) is 14.9 Å². The van der Waals surface area contributed by atoms with E-state index in [0.717, 1.165) is 22.5 Å². The molecule has 5 rings (SSSR count). The first-order valence-corrected chi connectivity index (χ1v) is 12.9. The molecule has 0 spiro atoms. The van der Waals surface area contributed by atoms with E-state index in [4.69, 9.17) is 9.47 Å². The summed E-state index contributed by atoms with van der Waals surface area (Å²) >= 11 is 0.964. The molecule has 2 aromatic carbocycles. The van der Waals surface area contributed by atoms with Crippen LogP contribution >= 0.6 is 11.3 Å². The van der Waals surface area contributed by atoms with Gasteiger partial charge in [0.05, 0.1) is 30.7 Å². The average Bonchev–Trinajstić information content (AvgIpc) is 3.62. The lowest BCUT2D eigenvalue weighted by Crippen LogP contribution is -2.38. The summed E-state index contributed by atoms with van der Waals surface area (Å²) in [6.45, 7) is 1.81. The number of methoxy groups -OCH3 is 2. The number of carbonyl (C=O) groups is 2. The van der Waals surface area contributed by atoms with Crippen molar-refractivity contribution in [2.24, 2.45) is 0 Å². The molecule has 0 radical (unpaired) electrons. The Hall–Kier alpha value is -4.18. The fraction of sp³-hybridized carbons (Fsp3) is 0.250. The second-order valence-electron chi connectivity index (χ2n) is 9.04. The van der Waals surface area contributed by atoms with Crippen molar-refractivity contribution >= 4 is 29.0 Å². The third-order valence-corrected chi connectivity index (χ3v) is 7.53. The zero-order valence-electron chi connectivity index (χ0n) is 21.2. The molecule has 1 saturated heterocycles. The molecule has 1 aliphatic rings. The van der Waals surface area contributed by atoms with Gasteiger partial charge in [0.2, 0.25) is 11.8 Å². The van der Waals surface area contributed by atoms with Gasteiger partial charge in [-0.25, -0.2) is 4.98 Å². The highest BCUT2D eigenvalue weighted by molar-refractivity contribution is 7.13. The van der Waals surface area contributed by atoms with Crippen molar-refractivity contribution < 1.29 is 23.5 Å². The molecule has 0 aliphatic carbocycles. The fourth-order valence-electron chi connectivity index (χ4n) is 4.73.